The molecule has 0 spiro atoms. The number of carboxylic acid groups (broad SMARTS) is 1. The summed E-state index contributed by atoms with van der Waals surface area (Å²) in [6.45, 7) is 0.398. The summed E-state index contributed by atoms with van der Waals surface area (Å²) in [4.78, 5) is 11.2. The number of halogens is 1. The molecule has 5 heteroatoms. The third kappa shape index (κ3) is 3.44. The Labute approximate surface area is 123 Å². The van der Waals surface area contributed by atoms with Gasteiger partial charge in [0, 0.05) is 23.6 Å². The summed E-state index contributed by atoms with van der Waals surface area (Å²) in [5, 5.41) is 9.73. The van der Waals surface area contributed by atoms with Crippen LogP contribution in [0.3, 0.4) is 0 Å². The van der Waals surface area contributed by atoms with Crippen molar-refractivity contribution in [2.75, 3.05) is 14.2 Å². The van der Waals surface area contributed by atoms with E-state index < -0.39 is 5.97 Å². The Morgan fingerprint density at radius 2 is 2.15 bits per heavy atom. The van der Waals surface area contributed by atoms with Crippen molar-refractivity contribution in [3.63, 3.8) is 0 Å². The Hall–Kier alpha value is -1.26. The highest BCUT2D eigenvalue weighted by Gasteiger charge is 2.36. The molecule has 1 unspecified atom stereocenters. The van der Waals surface area contributed by atoms with Crippen LogP contribution in [0.2, 0.25) is 5.02 Å². The maximum atomic E-state index is 11.2. The molecule has 0 radical (unpaired) electrons. The lowest BCUT2D eigenvalue weighted by atomic mass is 9.87. The maximum Gasteiger partial charge on any atom is 0.303 e. The molecule has 1 saturated carbocycles. The van der Waals surface area contributed by atoms with E-state index in [0.717, 1.165) is 24.0 Å². The van der Waals surface area contributed by atoms with Gasteiger partial charge in [0.05, 0.1) is 20.1 Å². The fourth-order valence-corrected chi connectivity index (χ4v) is 2.93. The summed E-state index contributed by atoms with van der Waals surface area (Å²) in [6, 6.07) is 3.58. The quantitative estimate of drug-likeness (QED) is 0.837. The van der Waals surface area contributed by atoms with Gasteiger partial charge in [0.1, 0.15) is 5.75 Å². The van der Waals surface area contributed by atoms with Gasteiger partial charge in [-0.25, -0.2) is 0 Å². The van der Waals surface area contributed by atoms with Crippen molar-refractivity contribution in [1.29, 1.82) is 0 Å². The lowest BCUT2D eigenvalue weighted by Gasteiger charge is -2.22. The van der Waals surface area contributed by atoms with Crippen LogP contribution in [-0.4, -0.2) is 25.3 Å². The molecule has 0 aromatic heterocycles. The molecule has 0 saturated heterocycles. The standard InChI is InChI=1S/C15H19ClO4/c1-19-8-10-5-11(16)6-13(20-2)15(10)12(7-14(17)18)9-3-4-9/h5-6,9,12H,3-4,7-8H2,1-2H3,(H,17,18). The normalized spacial score (nSPS) is 15.9. The minimum atomic E-state index is -0.790. The van der Waals surface area contributed by atoms with E-state index in [9.17, 15) is 4.79 Å². The molecule has 1 aliphatic rings. The zero-order valence-electron chi connectivity index (χ0n) is 11.7. The SMILES string of the molecule is COCc1cc(Cl)cc(OC)c1C(CC(=O)O)C1CC1. The average molecular weight is 299 g/mol. The molecule has 1 N–H and O–H groups in total. The minimum Gasteiger partial charge on any atom is -0.496 e. The Morgan fingerprint density at radius 1 is 1.45 bits per heavy atom. The molecule has 20 heavy (non-hydrogen) atoms. The number of carbonyl (C=O) groups is 1. The minimum absolute atomic E-state index is 0.0372. The van der Waals surface area contributed by atoms with Gasteiger partial charge < -0.3 is 14.6 Å². The number of ether oxygens (including phenoxy) is 2. The van der Waals surface area contributed by atoms with E-state index in [2.05, 4.69) is 0 Å². The molecule has 110 valence electrons. The Bertz CT molecular complexity index is 497. The largest absolute Gasteiger partial charge is 0.496 e. The van der Waals surface area contributed by atoms with E-state index in [-0.39, 0.29) is 12.3 Å². The summed E-state index contributed by atoms with van der Waals surface area (Å²) >= 11 is 6.09. The molecule has 0 heterocycles. The van der Waals surface area contributed by atoms with Crippen LogP contribution in [0.4, 0.5) is 0 Å². The second kappa shape index (κ2) is 6.46. The van der Waals surface area contributed by atoms with Crippen molar-refractivity contribution in [3.8, 4) is 5.75 Å². The first kappa shape index (κ1) is 15.1. The van der Waals surface area contributed by atoms with Crippen LogP contribution < -0.4 is 4.74 Å². The zero-order valence-corrected chi connectivity index (χ0v) is 12.4. The number of aliphatic carboxylic acids is 1. The molecule has 0 amide bonds. The Balaban J connectivity index is 2.46. The van der Waals surface area contributed by atoms with E-state index in [1.54, 1.807) is 20.3 Å². The number of hydrogen-bond donors (Lipinski definition) is 1. The summed E-state index contributed by atoms with van der Waals surface area (Å²) in [5.41, 5.74) is 1.85. The first-order valence-corrected chi connectivity index (χ1v) is 7.01. The molecule has 2 rings (SSSR count). The lowest BCUT2D eigenvalue weighted by Crippen LogP contribution is -2.12. The Kier molecular flexibility index (Phi) is 4.89. The highest BCUT2D eigenvalue weighted by Crippen LogP contribution is 2.48. The fourth-order valence-electron chi connectivity index (χ4n) is 2.70. The number of carboxylic acids is 1. The predicted octanol–water partition coefficient (Wildman–Crippen LogP) is 3.46. The third-order valence-electron chi connectivity index (χ3n) is 3.67. The van der Waals surface area contributed by atoms with E-state index >= 15 is 0 Å². The average Bonchev–Trinajstić information content (AvgIpc) is 3.20. The predicted molar refractivity (Wildman–Crippen MR) is 76.4 cm³/mol. The van der Waals surface area contributed by atoms with Crippen LogP contribution >= 0.6 is 11.6 Å². The molecule has 4 nitrogen and oxygen atoms in total. The van der Waals surface area contributed by atoms with E-state index in [0.29, 0.717) is 23.3 Å². The molecule has 1 fully saturated rings. The number of rotatable bonds is 7. The molecular formula is C15H19ClO4. The van der Waals surface area contributed by atoms with Crippen LogP contribution in [-0.2, 0) is 16.1 Å². The second-order valence-corrected chi connectivity index (χ2v) is 5.59. The van der Waals surface area contributed by atoms with Gasteiger partial charge in [0.25, 0.3) is 0 Å². The first-order valence-electron chi connectivity index (χ1n) is 6.63. The van der Waals surface area contributed by atoms with E-state index in [4.69, 9.17) is 26.2 Å². The van der Waals surface area contributed by atoms with Crippen LogP contribution in [0.25, 0.3) is 0 Å². The van der Waals surface area contributed by atoms with Gasteiger partial charge in [0.15, 0.2) is 0 Å². The lowest BCUT2D eigenvalue weighted by molar-refractivity contribution is -0.137. The third-order valence-corrected chi connectivity index (χ3v) is 3.89. The van der Waals surface area contributed by atoms with Gasteiger partial charge in [-0.1, -0.05) is 11.6 Å². The van der Waals surface area contributed by atoms with Gasteiger partial charge in [-0.05, 0) is 36.5 Å². The number of benzene rings is 1. The van der Waals surface area contributed by atoms with Crippen LogP contribution in [0.15, 0.2) is 12.1 Å². The van der Waals surface area contributed by atoms with E-state index in [1.165, 1.54) is 0 Å². The summed E-state index contributed by atoms with van der Waals surface area (Å²) in [7, 11) is 3.19. The van der Waals surface area contributed by atoms with E-state index in [1.807, 2.05) is 6.07 Å². The van der Waals surface area contributed by atoms with Crippen molar-refractivity contribution >= 4 is 17.6 Å². The summed E-state index contributed by atoms with van der Waals surface area (Å²) < 4.78 is 10.6. The molecule has 1 aromatic carbocycles. The van der Waals surface area contributed by atoms with Crippen LogP contribution in [0, 0.1) is 5.92 Å². The zero-order chi connectivity index (χ0) is 14.7. The molecule has 1 aromatic rings. The van der Waals surface area contributed by atoms with Crippen LogP contribution in [0.1, 0.15) is 36.3 Å². The topological polar surface area (TPSA) is 55.8 Å². The highest BCUT2D eigenvalue weighted by molar-refractivity contribution is 6.30. The van der Waals surface area contributed by atoms with Gasteiger partial charge >= 0.3 is 5.97 Å². The molecule has 0 aliphatic heterocycles. The number of methoxy groups -OCH3 is 2. The van der Waals surface area contributed by atoms with Crippen molar-refractivity contribution < 1.29 is 19.4 Å². The van der Waals surface area contributed by atoms with Gasteiger partial charge in [-0.15, -0.1) is 0 Å². The van der Waals surface area contributed by atoms with Crippen molar-refractivity contribution in [3.05, 3.63) is 28.3 Å². The number of hydrogen-bond acceptors (Lipinski definition) is 3. The molecule has 1 aliphatic carbocycles. The molecular weight excluding hydrogens is 280 g/mol. The highest BCUT2D eigenvalue weighted by atomic mass is 35.5. The molecule has 0 bridgehead atoms. The summed E-state index contributed by atoms with van der Waals surface area (Å²) in [5.74, 6) is 0.242. The fraction of sp³-hybridized carbons (Fsp3) is 0.533. The van der Waals surface area contributed by atoms with Crippen molar-refractivity contribution in [1.82, 2.24) is 0 Å². The first-order chi connectivity index (χ1) is 9.56. The summed E-state index contributed by atoms with van der Waals surface area (Å²) in [6.07, 6.45) is 2.24. The van der Waals surface area contributed by atoms with Gasteiger partial charge in [-0.3, -0.25) is 4.79 Å². The van der Waals surface area contributed by atoms with Crippen LogP contribution in [0.5, 0.6) is 5.75 Å². The maximum absolute atomic E-state index is 11.2. The Morgan fingerprint density at radius 3 is 2.65 bits per heavy atom. The van der Waals surface area contributed by atoms with Crippen molar-refractivity contribution in [2.24, 2.45) is 5.92 Å². The monoisotopic (exact) mass is 298 g/mol. The molecule has 1 atom stereocenters. The van der Waals surface area contributed by atoms with Gasteiger partial charge in [-0.2, -0.15) is 0 Å². The second-order valence-electron chi connectivity index (χ2n) is 5.16. The van der Waals surface area contributed by atoms with Crippen molar-refractivity contribution in [2.45, 2.75) is 31.8 Å². The van der Waals surface area contributed by atoms with Gasteiger partial charge in [0.2, 0.25) is 0 Å². The smallest absolute Gasteiger partial charge is 0.303 e.